The van der Waals surface area contributed by atoms with E-state index < -0.39 is 0 Å². The van der Waals surface area contributed by atoms with Gasteiger partial charge < -0.3 is 9.64 Å². The summed E-state index contributed by atoms with van der Waals surface area (Å²) < 4.78 is 6.27. The Balaban J connectivity index is 1.47. The smallest absolute Gasteiger partial charge is 0.150 e. The highest BCUT2D eigenvalue weighted by molar-refractivity contribution is 5.75. The predicted octanol–water partition coefficient (Wildman–Crippen LogP) is 2.82. The normalized spacial score (nSPS) is 25.0. The molecule has 20 heavy (non-hydrogen) atoms. The van der Waals surface area contributed by atoms with Gasteiger partial charge in [-0.15, -0.1) is 0 Å². The summed E-state index contributed by atoms with van der Waals surface area (Å²) in [5.41, 5.74) is 1.98. The monoisotopic (exact) mass is 271 g/mol. The van der Waals surface area contributed by atoms with Gasteiger partial charge in [0.1, 0.15) is 17.6 Å². The largest absolute Gasteiger partial charge is 0.487 e. The Hall–Kier alpha value is -1.35. The summed E-state index contributed by atoms with van der Waals surface area (Å²) in [5, 5.41) is 0. The fourth-order valence-corrected chi connectivity index (χ4v) is 3.85. The van der Waals surface area contributed by atoms with Gasteiger partial charge in [0, 0.05) is 44.0 Å². The van der Waals surface area contributed by atoms with Gasteiger partial charge in [-0.3, -0.25) is 4.79 Å². The van der Waals surface area contributed by atoms with E-state index in [0.717, 1.165) is 42.9 Å². The van der Waals surface area contributed by atoms with Gasteiger partial charge >= 0.3 is 0 Å². The second kappa shape index (κ2) is 4.59. The summed E-state index contributed by atoms with van der Waals surface area (Å²) in [5.74, 6) is 0.993. The molecule has 0 amide bonds. The molecule has 2 heterocycles. The molecule has 1 aromatic carbocycles. The molecule has 4 rings (SSSR count). The van der Waals surface area contributed by atoms with Crippen LogP contribution < -0.4 is 4.74 Å². The van der Waals surface area contributed by atoms with E-state index in [2.05, 4.69) is 4.90 Å². The maximum absolute atomic E-state index is 10.9. The van der Waals surface area contributed by atoms with Crippen molar-refractivity contribution in [2.75, 3.05) is 13.1 Å². The first kappa shape index (κ1) is 12.4. The number of benzene rings is 1. The van der Waals surface area contributed by atoms with Crippen LogP contribution >= 0.6 is 0 Å². The van der Waals surface area contributed by atoms with Crippen LogP contribution in [-0.4, -0.2) is 35.9 Å². The molecule has 3 heteroatoms. The van der Waals surface area contributed by atoms with Crippen molar-refractivity contribution in [1.29, 1.82) is 0 Å². The third-order valence-corrected chi connectivity index (χ3v) is 5.36. The van der Waals surface area contributed by atoms with Gasteiger partial charge in [0.05, 0.1) is 0 Å². The van der Waals surface area contributed by atoms with Crippen molar-refractivity contribution in [1.82, 2.24) is 4.90 Å². The Bertz CT molecular complexity index is 528. The lowest BCUT2D eigenvalue weighted by Crippen LogP contribution is -2.52. The fourth-order valence-electron chi connectivity index (χ4n) is 3.85. The quantitative estimate of drug-likeness (QED) is 0.775. The average Bonchev–Trinajstić information content (AvgIpc) is 2.76. The maximum atomic E-state index is 10.9. The number of aldehydes is 1. The van der Waals surface area contributed by atoms with Crippen molar-refractivity contribution in [2.45, 2.75) is 50.2 Å². The molecule has 1 saturated carbocycles. The number of carbonyl (C=O) groups excluding carboxylic acids is 1. The van der Waals surface area contributed by atoms with Gasteiger partial charge in [0.2, 0.25) is 0 Å². The molecule has 1 spiro atoms. The number of nitrogens with zero attached hydrogens (tertiary/aromatic N) is 1. The number of rotatable bonds is 2. The van der Waals surface area contributed by atoms with Crippen LogP contribution in [0.1, 0.15) is 48.0 Å². The first-order chi connectivity index (χ1) is 9.78. The Morgan fingerprint density at radius 1 is 1.25 bits per heavy atom. The molecule has 1 saturated heterocycles. The molecule has 1 aliphatic carbocycles. The standard InChI is InChI=1S/C17H21NO2/c19-12-13-4-5-16-14(10-13)11-17(20-16)6-8-18(9-7-17)15-2-1-3-15/h4-5,10,12,15H,1-3,6-9,11H2. The van der Waals surface area contributed by atoms with Crippen molar-refractivity contribution < 1.29 is 9.53 Å². The molecular formula is C17H21NO2. The number of hydrogen-bond acceptors (Lipinski definition) is 3. The van der Waals surface area contributed by atoms with Gasteiger partial charge in [-0.1, -0.05) is 6.42 Å². The highest BCUT2D eigenvalue weighted by Gasteiger charge is 2.43. The Morgan fingerprint density at radius 2 is 2.05 bits per heavy atom. The fraction of sp³-hybridized carbons (Fsp3) is 0.588. The number of fused-ring (bicyclic) bond motifs is 1. The average molecular weight is 271 g/mol. The number of likely N-dealkylation sites (tertiary alicyclic amines) is 1. The molecule has 0 atom stereocenters. The number of hydrogen-bond donors (Lipinski definition) is 0. The van der Waals surface area contributed by atoms with Crippen LogP contribution in [0.2, 0.25) is 0 Å². The van der Waals surface area contributed by atoms with Crippen LogP contribution in [0, 0.1) is 0 Å². The zero-order chi connectivity index (χ0) is 13.6. The third kappa shape index (κ3) is 1.96. The zero-order valence-corrected chi connectivity index (χ0v) is 11.8. The SMILES string of the molecule is O=Cc1ccc2c(c1)CC1(CCN(C3CCC3)CC1)O2. The third-order valence-electron chi connectivity index (χ3n) is 5.36. The second-order valence-electron chi connectivity index (χ2n) is 6.57. The summed E-state index contributed by atoms with van der Waals surface area (Å²) in [4.78, 5) is 13.5. The summed E-state index contributed by atoms with van der Waals surface area (Å²) in [6.07, 6.45) is 8.31. The van der Waals surface area contributed by atoms with Gasteiger partial charge in [-0.25, -0.2) is 0 Å². The summed E-state index contributed by atoms with van der Waals surface area (Å²) in [6.45, 7) is 2.33. The minimum absolute atomic E-state index is 0.00406. The van der Waals surface area contributed by atoms with Crippen molar-refractivity contribution in [2.24, 2.45) is 0 Å². The van der Waals surface area contributed by atoms with E-state index in [-0.39, 0.29) is 5.60 Å². The van der Waals surface area contributed by atoms with Crippen LogP contribution in [0.4, 0.5) is 0 Å². The molecule has 106 valence electrons. The van der Waals surface area contributed by atoms with Gasteiger partial charge in [0.25, 0.3) is 0 Å². The molecule has 3 nitrogen and oxygen atoms in total. The van der Waals surface area contributed by atoms with Crippen molar-refractivity contribution >= 4 is 6.29 Å². The summed E-state index contributed by atoms with van der Waals surface area (Å²) >= 11 is 0. The highest BCUT2D eigenvalue weighted by Crippen LogP contribution is 2.42. The van der Waals surface area contributed by atoms with E-state index in [1.807, 2.05) is 18.2 Å². The summed E-state index contributed by atoms with van der Waals surface area (Å²) in [7, 11) is 0. The van der Waals surface area contributed by atoms with E-state index in [1.165, 1.54) is 37.9 Å². The lowest BCUT2D eigenvalue weighted by Gasteiger charge is -2.45. The lowest BCUT2D eigenvalue weighted by molar-refractivity contribution is -0.00746. The molecule has 0 N–H and O–H groups in total. The van der Waals surface area contributed by atoms with Crippen LogP contribution in [-0.2, 0) is 6.42 Å². The molecule has 2 aliphatic heterocycles. The Morgan fingerprint density at radius 3 is 2.70 bits per heavy atom. The molecule has 0 unspecified atom stereocenters. The maximum Gasteiger partial charge on any atom is 0.150 e. The molecule has 3 aliphatic rings. The number of piperidine rings is 1. The predicted molar refractivity (Wildman–Crippen MR) is 77.3 cm³/mol. The molecule has 1 aromatic rings. The van der Waals surface area contributed by atoms with E-state index in [0.29, 0.717) is 0 Å². The zero-order valence-electron chi connectivity index (χ0n) is 11.8. The van der Waals surface area contributed by atoms with Crippen molar-refractivity contribution in [3.05, 3.63) is 29.3 Å². The Kier molecular flexibility index (Phi) is 2.84. The highest BCUT2D eigenvalue weighted by atomic mass is 16.5. The number of carbonyl (C=O) groups is 1. The molecule has 0 radical (unpaired) electrons. The van der Waals surface area contributed by atoms with Crippen LogP contribution in [0.25, 0.3) is 0 Å². The lowest BCUT2D eigenvalue weighted by atomic mass is 9.83. The van der Waals surface area contributed by atoms with Crippen molar-refractivity contribution in [3.63, 3.8) is 0 Å². The van der Waals surface area contributed by atoms with Gasteiger partial charge in [-0.2, -0.15) is 0 Å². The second-order valence-corrected chi connectivity index (χ2v) is 6.57. The van der Waals surface area contributed by atoms with Crippen LogP contribution in [0.3, 0.4) is 0 Å². The van der Waals surface area contributed by atoms with E-state index >= 15 is 0 Å². The minimum Gasteiger partial charge on any atom is -0.487 e. The summed E-state index contributed by atoms with van der Waals surface area (Å²) in [6, 6.07) is 6.66. The number of ether oxygens (including phenoxy) is 1. The minimum atomic E-state index is 0.00406. The van der Waals surface area contributed by atoms with Crippen molar-refractivity contribution in [3.8, 4) is 5.75 Å². The Labute approximate surface area is 119 Å². The first-order valence-corrected chi connectivity index (χ1v) is 7.79. The van der Waals surface area contributed by atoms with Crippen LogP contribution in [0.5, 0.6) is 5.75 Å². The molecule has 2 fully saturated rings. The van der Waals surface area contributed by atoms with Crippen LogP contribution in [0.15, 0.2) is 18.2 Å². The first-order valence-electron chi connectivity index (χ1n) is 7.79. The molecule has 0 aromatic heterocycles. The van der Waals surface area contributed by atoms with E-state index in [4.69, 9.17) is 4.74 Å². The van der Waals surface area contributed by atoms with E-state index in [1.54, 1.807) is 0 Å². The van der Waals surface area contributed by atoms with Gasteiger partial charge in [-0.05, 0) is 36.6 Å². The molecular weight excluding hydrogens is 250 g/mol. The van der Waals surface area contributed by atoms with Gasteiger partial charge in [0.15, 0.2) is 0 Å². The van der Waals surface area contributed by atoms with E-state index in [9.17, 15) is 4.79 Å². The molecule has 0 bridgehead atoms. The topological polar surface area (TPSA) is 29.5 Å².